The number of hydrogen-bond acceptors (Lipinski definition) is 6. The van der Waals surface area contributed by atoms with Gasteiger partial charge in [0.1, 0.15) is 5.00 Å². The Kier molecular flexibility index (Phi) is 7.47. The van der Waals surface area contributed by atoms with E-state index in [9.17, 15) is 14.4 Å². The largest absolute Gasteiger partial charge is 0.462 e. The van der Waals surface area contributed by atoms with Gasteiger partial charge in [-0.2, -0.15) is 5.10 Å². The quantitative estimate of drug-likeness (QED) is 0.381. The lowest BCUT2D eigenvalue weighted by atomic mass is 10.1. The van der Waals surface area contributed by atoms with Crippen LogP contribution in [0.25, 0.3) is 0 Å². The van der Waals surface area contributed by atoms with Crippen LogP contribution in [0.5, 0.6) is 0 Å². The van der Waals surface area contributed by atoms with Crippen LogP contribution < -0.4 is 10.7 Å². The van der Waals surface area contributed by atoms with E-state index in [1.165, 1.54) is 18.3 Å². The van der Waals surface area contributed by atoms with Gasteiger partial charge in [0, 0.05) is 17.0 Å². The van der Waals surface area contributed by atoms with Crippen LogP contribution in [0.1, 0.15) is 51.9 Å². The summed E-state index contributed by atoms with van der Waals surface area (Å²) < 4.78 is 5.96. The first kappa shape index (κ1) is 21.8. The standard InChI is InChI=1S/C19H20BrN3O4S/c1-5-27-19(26)15-10(2)16(28-18(15)21-12(4)24)11(3)22-23-17(25)13-6-8-14(20)9-7-13/h6-9H,5H2,1-4H3,(H,21,24)(H,23,25). The first-order chi connectivity index (χ1) is 13.2. The Morgan fingerprint density at radius 2 is 1.82 bits per heavy atom. The first-order valence-electron chi connectivity index (χ1n) is 8.43. The molecule has 2 aromatic rings. The summed E-state index contributed by atoms with van der Waals surface area (Å²) in [5, 5.41) is 7.20. The third-order valence-corrected chi connectivity index (χ3v) is 5.52. The van der Waals surface area contributed by atoms with Crippen molar-refractivity contribution >= 4 is 55.8 Å². The average molecular weight is 466 g/mol. The first-order valence-corrected chi connectivity index (χ1v) is 10.0. The molecule has 0 aliphatic carbocycles. The Morgan fingerprint density at radius 1 is 1.18 bits per heavy atom. The summed E-state index contributed by atoms with van der Waals surface area (Å²) in [6.07, 6.45) is 0. The average Bonchev–Trinajstić information content (AvgIpc) is 2.95. The molecule has 9 heteroatoms. The molecule has 0 unspecified atom stereocenters. The molecule has 1 heterocycles. The molecular formula is C19H20BrN3O4S. The van der Waals surface area contributed by atoms with Crippen molar-refractivity contribution < 1.29 is 19.1 Å². The molecular weight excluding hydrogens is 446 g/mol. The van der Waals surface area contributed by atoms with Crippen LogP contribution in [0.15, 0.2) is 33.8 Å². The molecule has 148 valence electrons. The zero-order valence-corrected chi connectivity index (χ0v) is 18.3. The van der Waals surface area contributed by atoms with Crippen molar-refractivity contribution in [3.8, 4) is 0 Å². The van der Waals surface area contributed by atoms with Crippen molar-refractivity contribution in [2.75, 3.05) is 11.9 Å². The van der Waals surface area contributed by atoms with Gasteiger partial charge in [-0.05, 0) is 50.6 Å². The minimum Gasteiger partial charge on any atom is -0.462 e. The summed E-state index contributed by atoms with van der Waals surface area (Å²) >= 11 is 4.52. The molecule has 2 amide bonds. The molecule has 0 saturated carbocycles. The van der Waals surface area contributed by atoms with Gasteiger partial charge in [-0.25, -0.2) is 10.2 Å². The summed E-state index contributed by atoms with van der Waals surface area (Å²) in [4.78, 5) is 36.7. The number of thiophene rings is 1. The highest BCUT2D eigenvalue weighted by atomic mass is 79.9. The van der Waals surface area contributed by atoms with E-state index in [2.05, 4.69) is 31.8 Å². The van der Waals surface area contributed by atoms with Gasteiger partial charge < -0.3 is 10.1 Å². The number of benzene rings is 1. The van der Waals surface area contributed by atoms with E-state index in [-0.39, 0.29) is 18.4 Å². The van der Waals surface area contributed by atoms with Gasteiger partial charge in [0.05, 0.1) is 22.8 Å². The lowest BCUT2D eigenvalue weighted by Crippen LogP contribution is -2.19. The Morgan fingerprint density at radius 3 is 2.39 bits per heavy atom. The van der Waals surface area contributed by atoms with Gasteiger partial charge in [0.25, 0.3) is 5.91 Å². The van der Waals surface area contributed by atoms with E-state index in [0.29, 0.717) is 32.3 Å². The van der Waals surface area contributed by atoms with E-state index >= 15 is 0 Å². The molecule has 0 fully saturated rings. The number of nitrogens with one attached hydrogen (secondary N) is 2. The molecule has 1 aromatic carbocycles. The summed E-state index contributed by atoms with van der Waals surface area (Å²) in [6, 6.07) is 6.88. The molecule has 0 aliphatic rings. The smallest absolute Gasteiger partial charge is 0.341 e. The number of amides is 2. The monoisotopic (exact) mass is 465 g/mol. The molecule has 0 aliphatic heterocycles. The van der Waals surface area contributed by atoms with Crippen LogP contribution in [0, 0.1) is 6.92 Å². The van der Waals surface area contributed by atoms with Gasteiger partial charge >= 0.3 is 5.97 Å². The van der Waals surface area contributed by atoms with Gasteiger partial charge in [-0.1, -0.05) is 15.9 Å². The Balaban J connectivity index is 2.30. The summed E-state index contributed by atoms with van der Waals surface area (Å²) in [5.74, 6) is -1.16. The van der Waals surface area contributed by atoms with Crippen molar-refractivity contribution in [2.45, 2.75) is 27.7 Å². The highest BCUT2D eigenvalue weighted by Crippen LogP contribution is 2.34. The highest BCUT2D eigenvalue weighted by Gasteiger charge is 2.24. The third-order valence-electron chi connectivity index (χ3n) is 3.68. The number of ether oxygens (including phenoxy) is 1. The van der Waals surface area contributed by atoms with Crippen molar-refractivity contribution in [1.29, 1.82) is 0 Å². The maximum absolute atomic E-state index is 12.3. The molecule has 0 saturated heterocycles. The molecule has 0 spiro atoms. The normalized spacial score (nSPS) is 11.1. The van der Waals surface area contributed by atoms with Gasteiger partial charge in [0.2, 0.25) is 5.91 Å². The zero-order valence-electron chi connectivity index (χ0n) is 15.9. The topological polar surface area (TPSA) is 96.9 Å². The molecule has 2 N–H and O–H groups in total. The van der Waals surface area contributed by atoms with Crippen molar-refractivity contribution in [3.63, 3.8) is 0 Å². The van der Waals surface area contributed by atoms with Crippen molar-refractivity contribution in [2.24, 2.45) is 5.10 Å². The third kappa shape index (κ3) is 5.26. The second kappa shape index (κ2) is 9.61. The minimum atomic E-state index is -0.516. The number of rotatable bonds is 6. The van der Waals surface area contributed by atoms with Gasteiger partial charge in [-0.3, -0.25) is 9.59 Å². The molecule has 1 aromatic heterocycles. The Labute approximate surface area is 175 Å². The van der Waals surface area contributed by atoms with Gasteiger partial charge in [0.15, 0.2) is 0 Å². The van der Waals surface area contributed by atoms with E-state index in [0.717, 1.165) is 4.47 Å². The molecule has 0 radical (unpaired) electrons. The fourth-order valence-corrected chi connectivity index (χ4v) is 3.86. The lowest BCUT2D eigenvalue weighted by Gasteiger charge is -2.05. The van der Waals surface area contributed by atoms with Crippen LogP contribution >= 0.6 is 27.3 Å². The van der Waals surface area contributed by atoms with Crippen LogP contribution in [0.2, 0.25) is 0 Å². The SMILES string of the molecule is CCOC(=O)c1c(NC(C)=O)sc(C(C)=NNC(=O)c2ccc(Br)cc2)c1C. The Hall–Kier alpha value is -2.52. The minimum absolute atomic E-state index is 0.222. The maximum Gasteiger partial charge on any atom is 0.341 e. The van der Waals surface area contributed by atoms with E-state index in [1.807, 2.05) is 0 Å². The number of hydrazone groups is 1. The van der Waals surface area contributed by atoms with Crippen LogP contribution in [-0.2, 0) is 9.53 Å². The number of carbonyl (C=O) groups is 3. The number of carbonyl (C=O) groups excluding carboxylic acids is 3. The van der Waals surface area contributed by atoms with Crippen LogP contribution in [0.4, 0.5) is 5.00 Å². The van der Waals surface area contributed by atoms with E-state index in [1.54, 1.807) is 45.0 Å². The molecule has 28 heavy (non-hydrogen) atoms. The molecule has 0 atom stereocenters. The lowest BCUT2D eigenvalue weighted by molar-refractivity contribution is -0.114. The summed E-state index contributed by atoms with van der Waals surface area (Å²) in [5.41, 5.74) is 4.41. The number of anilines is 1. The van der Waals surface area contributed by atoms with E-state index in [4.69, 9.17) is 4.74 Å². The van der Waals surface area contributed by atoms with Crippen molar-refractivity contribution in [3.05, 3.63) is 50.3 Å². The fraction of sp³-hybridized carbons (Fsp3) is 0.263. The van der Waals surface area contributed by atoms with Crippen LogP contribution in [-0.4, -0.2) is 30.1 Å². The predicted octanol–water partition coefficient (Wildman–Crippen LogP) is 4.11. The van der Waals surface area contributed by atoms with Gasteiger partial charge in [-0.15, -0.1) is 11.3 Å². The molecule has 2 rings (SSSR count). The molecule has 0 bridgehead atoms. The van der Waals surface area contributed by atoms with Crippen molar-refractivity contribution in [1.82, 2.24) is 5.43 Å². The highest BCUT2D eigenvalue weighted by molar-refractivity contribution is 9.10. The second-order valence-electron chi connectivity index (χ2n) is 5.81. The Bertz CT molecular complexity index is 935. The fourth-order valence-electron chi connectivity index (χ4n) is 2.41. The molecule has 7 nitrogen and oxygen atoms in total. The maximum atomic E-state index is 12.3. The van der Waals surface area contributed by atoms with E-state index < -0.39 is 5.97 Å². The predicted molar refractivity (Wildman–Crippen MR) is 113 cm³/mol. The number of nitrogens with zero attached hydrogens (tertiary/aromatic N) is 1. The second-order valence-corrected chi connectivity index (χ2v) is 7.74. The number of halogens is 1. The zero-order chi connectivity index (χ0) is 20.8. The number of hydrogen-bond donors (Lipinski definition) is 2. The summed E-state index contributed by atoms with van der Waals surface area (Å²) in [7, 11) is 0. The van der Waals surface area contributed by atoms with Crippen LogP contribution in [0.3, 0.4) is 0 Å². The summed E-state index contributed by atoms with van der Waals surface area (Å²) in [6.45, 7) is 6.76. The number of esters is 1.